The molecule has 1 nitrogen and oxygen atoms in total. The van der Waals surface area contributed by atoms with Gasteiger partial charge in [-0.2, -0.15) is 0 Å². The normalized spacial score (nSPS) is 11.5. The fourth-order valence-electron chi connectivity index (χ4n) is 1.45. The van der Waals surface area contributed by atoms with E-state index in [4.69, 9.17) is 0 Å². The second-order valence-electron chi connectivity index (χ2n) is 3.54. The van der Waals surface area contributed by atoms with E-state index in [1.807, 2.05) is 49.4 Å². The van der Waals surface area contributed by atoms with Crippen LogP contribution in [0.4, 0.5) is 5.69 Å². The second kappa shape index (κ2) is 5.08. The van der Waals surface area contributed by atoms with Crippen molar-refractivity contribution in [3.63, 3.8) is 0 Å². The average molecular weight is 274 g/mol. The third-order valence-electron chi connectivity index (χ3n) is 2.31. The zero-order valence-electron chi connectivity index (χ0n) is 9.02. The summed E-state index contributed by atoms with van der Waals surface area (Å²) in [4.78, 5) is 4.56. The van der Waals surface area contributed by atoms with E-state index in [1.54, 1.807) is 0 Å². The van der Waals surface area contributed by atoms with Crippen molar-refractivity contribution < 1.29 is 0 Å². The Hall–Kier alpha value is -1.41. The molecule has 2 aromatic rings. The molecule has 0 bridgehead atoms. The van der Waals surface area contributed by atoms with Crippen LogP contribution in [0.1, 0.15) is 12.5 Å². The molecule has 0 unspecified atom stereocenters. The molecule has 0 amide bonds. The quantitative estimate of drug-likeness (QED) is 0.710. The second-order valence-corrected chi connectivity index (χ2v) is 4.46. The van der Waals surface area contributed by atoms with Gasteiger partial charge in [0, 0.05) is 10.2 Å². The van der Waals surface area contributed by atoms with E-state index < -0.39 is 0 Å². The van der Waals surface area contributed by atoms with Crippen molar-refractivity contribution in [3.05, 3.63) is 64.6 Å². The zero-order valence-corrected chi connectivity index (χ0v) is 10.6. The Labute approximate surface area is 104 Å². The smallest absolute Gasteiger partial charge is 0.0633 e. The van der Waals surface area contributed by atoms with E-state index >= 15 is 0 Å². The van der Waals surface area contributed by atoms with Gasteiger partial charge in [-0.25, -0.2) is 0 Å². The number of para-hydroxylation sites is 1. The van der Waals surface area contributed by atoms with Crippen molar-refractivity contribution in [2.45, 2.75) is 6.92 Å². The highest BCUT2D eigenvalue weighted by Gasteiger charge is 1.97. The molecule has 0 saturated carbocycles. The van der Waals surface area contributed by atoms with E-state index in [9.17, 15) is 0 Å². The van der Waals surface area contributed by atoms with Crippen molar-refractivity contribution >= 4 is 27.3 Å². The molecule has 0 saturated heterocycles. The Morgan fingerprint density at radius 3 is 2.19 bits per heavy atom. The van der Waals surface area contributed by atoms with Crippen LogP contribution in [-0.2, 0) is 0 Å². The summed E-state index contributed by atoms with van der Waals surface area (Å²) >= 11 is 3.42. The first-order valence-corrected chi connectivity index (χ1v) is 5.91. The van der Waals surface area contributed by atoms with Crippen molar-refractivity contribution in [2.24, 2.45) is 4.99 Å². The molecule has 2 heteroatoms. The third-order valence-corrected chi connectivity index (χ3v) is 2.84. The molecule has 0 aromatic heterocycles. The monoisotopic (exact) mass is 273 g/mol. The highest BCUT2D eigenvalue weighted by atomic mass is 79.9. The Balaban J connectivity index is 2.28. The summed E-state index contributed by atoms with van der Waals surface area (Å²) in [6.07, 6.45) is 0. The maximum atomic E-state index is 4.56. The third kappa shape index (κ3) is 2.80. The van der Waals surface area contributed by atoms with E-state index in [1.165, 1.54) is 0 Å². The lowest BCUT2D eigenvalue weighted by atomic mass is 10.1. The maximum absolute atomic E-state index is 4.56. The zero-order chi connectivity index (χ0) is 11.4. The highest BCUT2D eigenvalue weighted by molar-refractivity contribution is 9.10. The molecular weight excluding hydrogens is 262 g/mol. The molecule has 2 aromatic carbocycles. The average Bonchev–Trinajstić information content (AvgIpc) is 2.31. The number of aliphatic imine (C=N–C) groups is 1. The molecule has 80 valence electrons. The molecule has 0 heterocycles. The van der Waals surface area contributed by atoms with Gasteiger partial charge >= 0.3 is 0 Å². The largest absolute Gasteiger partial charge is 0.253 e. The van der Waals surface area contributed by atoms with Gasteiger partial charge < -0.3 is 0 Å². The lowest BCUT2D eigenvalue weighted by Gasteiger charge is -2.01. The standard InChI is InChI=1S/C14H12BrN/c1-11(12-7-9-13(15)10-8-12)16-14-5-3-2-4-6-14/h2-10H,1H3. The summed E-state index contributed by atoms with van der Waals surface area (Å²) in [7, 11) is 0. The van der Waals surface area contributed by atoms with Crippen LogP contribution in [-0.4, -0.2) is 5.71 Å². The SMILES string of the molecule is CC(=Nc1ccccc1)c1ccc(Br)cc1. The van der Waals surface area contributed by atoms with Gasteiger partial charge in [0.2, 0.25) is 0 Å². The first-order chi connectivity index (χ1) is 7.75. The van der Waals surface area contributed by atoms with Crippen LogP contribution in [0.3, 0.4) is 0 Å². The molecule has 0 fully saturated rings. The van der Waals surface area contributed by atoms with Crippen LogP contribution >= 0.6 is 15.9 Å². The first-order valence-electron chi connectivity index (χ1n) is 5.12. The number of hydrogen-bond donors (Lipinski definition) is 0. The van der Waals surface area contributed by atoms with E-state index in [2.05, 4.69) is 33.1 Å². The fraction of sp³-hybridized carbons (Fsp3) is 0.0714. The number of benzene rings is 2. The summed E-state index contributed by atoms with van der Waals surface area (Å²) in [5, 5.41) is 0. The maximum Gasteiger partial charge on any atom is 0.0633 e. The Morgan fingerprint density at radius 2 is 1.56 bits per heavy atom. The van der Waals surface area contributed by atoms with Crippen molar-refractivity contribution in [1.82, 2.24) is 0 Å². The summed E-state index contributed by atoms with van der Waals surface area (Å²) in [6, 6.07) is 18.2. The number of rotatable bonds is 2. The van der Waals surface area contributed by atoms with Crippen LogP contribution in [0.5, 0.6) is 0 Å². The molecule has 2 rings (SSSR count). The predicted octanol–water partition coefficient (Wildman–Crippen LogP) is 4.59. The minimum Gasteiger partial charge on any atom is -0.253 e. The van der Waals surface area contributed by atoms with Crippen LogP contribution in [0, 0.1) is 0 Å². The summed E-state index contributed by atoms with van der Waals surface area (Å²) in [5.74, 6) is 0. The van der Waals surface area contributed by atoms with Crippen LogP contribution in [0.25, 0.3) is 0 Å². The predicted molar refractivity (Wildman–Crippen MR) is 72.5 cm³/mol. The summed E-state index contributed by atoms with van der Waals surface area (Å²) < 4.78 is 1.09. The lowest BCUT2D eigenvalue weighted by Crippen LogP contribution is -1.92. The van der Waals surface area contributed by atoms with Gasteiger partial charge in [0.1, 0.15) is 0 Å². The fourth-order valence-corrected chi connectivity index (χ4v) is 1.72. The molecular formula is C14H12BrN. The van der Waals surface area contributed by atoms with Gasteiger partial charge in [0.05, 0.1) is 5.69 Å². The number of halogens is 1. The minimum absolute atomic E-state index is 0.989. The first kappa shape index (κ1) is 11.1. The molecule has 0 aliphatic rings. The van der Waals surface area contributed by atoms with Crippen molar-refractivity contribution in [2.75, 3.05) is 0 Å². The minimum atomic E-state index is 0.989. The van der Waals surface area contributed by atoms with Crippen LogP contribution < -0.4 is 0 Å². The van der Waals surface area contributed by atoms with Gasteiger partial charge in [-0.1, -0.05) is 46.3 Å². The van der Waals surface area contributed by atoms with Crippen LogP contribution in [0.2, 0.25) is 0 Å². The molecule has 0 radical (unpaired) electrons. The van der Waals surface area contributed by atoms with Gasteiger partial charge in [-0.3, -0.25) is 4.99 Å². The lowest BCUT2D eigenvalue weighted by molar-refractivity contribution is 1.47. The molecule has 0 atom stereocenters. The number of hydrogen-bond acceptors (Lipinski definition) is 1. The van der Waals surface area contributed by atoms with E-state index in [-0.39, 0.29) is 0 Å². The van der Waals surface area contributed by atoms with Gasteiger partial charge in [-0.05, 0) is 36.8 Å². The summed E-state index contributed by atoms with van der Waals surface area (Å²) in [5.41, 5.74) is 3.16. The molecule has 0 N–H and O–H groups in total. The summed E-state index contributed by atoms with van der Waals surface area (Å²) in [6.45, 7) is 2.02. The number of nitrogens with zero attached hydrogens (tertiary/aromatic N) is 1. The van der Waals surface area contributed by atoms with E-state index in [0.717, 1.165) is 21.4 Å². The van der Waals surface area contributed by atoms with Crippen molar-refractivity contribution in [3.8, 4) is 0 Å². The van der Waals surface area contributed by atoms with E-state index in [0.29, 0.717) is 0 Å². The molecule has 16 heavy (non-hydrogen) atoms. The van der Waals surface area contributed by atoms with Crippen molar-refractivity contribution in [1.29, 1.82) is 0 Å². The molecule has 0 spiro atoms. The van der Waals surface area contributed by atoms with Gasteiger partial charge in [-0.15, -0.1) is 0 Å². The van der Waals surface area contributed by atoms with Gasteiger partial charge in [0.15, 0.2) is 0 Å². The Kier molecular flexibility index (Phi) is 3.52. The molecule has 0 aliphatic heterocycles. The van der Waals surface area contributed by atoms with Crippen LogP contribution in [0.15, 0.2) is 64.1 Å². The topological polar surface area (TPSA) is 12.4 Å². The highest BCUT2D eigenvalue weighted by Crippen LogP contribution is 2.15. The Morgan fingerprint density at radius 1 is 0.938 bits per heavy atom. The molecule has 0 aliphatic carbocycles. The Bertz CT molecular complexity index is 486. The van der Waals surface area contributed by atoms with Gasteiger partial charge in [0.25, 0.3) is 0 Å².